The summed E-state index contributed by atoms with van der Waals surface area (Å²) in [5, 5.41) is 6.98. The van der Waals surface area contributed by atoms with E-state index in [-0.39, 0.29) is 6.10 Å². The smallest absolute Gasteiger partial charge is 0.203 e. The van der Waals surface area contributed by atoms with E-state index < -0.39 is 0 Å². The van der Waals surface area contributed by atoms with Gasteiger partial charge in [-0.2, -0.15) is 5.10 Å². The molecule has 3 rings (SSSR count). The average molecular weight is 367 g/mol. The van der Waals surface area contributed by atoms with Crippen molar-refractivity contribution < 1.29 is 9.47 Å². The van der Waals surface area contributed by atoms with Crippen molar-refractivity contribution in [1.29, 1.82) is 0 Å². The largest absolute Gasteiger partial charge is 0.497 e. The van der Waals surface area contributed by atoms with Gasteiger partial charge in [0, 0.05) is 10.9 Å². The van der Waals surface area contributed by atoms with Crippen LogP contribution in [0.5, 0.6) is 11.5 Å². The van der Waals surface area contributed by atoms with Crippen LogP contribution in [0.4, 0.5) is 5.13 Å². The first-order valence-electron chi connectivity index (χ1n) is 8.30. The molecule has 1 aromatic heterocycles. The number of aromatic nitrogens is 1. The van der Waals surface area contributed by atoms with Crippen molar-refractivity contribution in [3.63, 3.8) is 0 Å². The first-order valence-corrected chi connectivity index (χ1v) is 9.18. The molecule has 0 aliphatic heterocycles. The van der Waals surface area contributed by atoms with Gasteiger partial charge in [-0.3, -0.25) is 5.43 Å². The van der Waals surface area contributed by atoms with Crippen LogP contribution in [0.2, 0.25) is 0 Å². The summed E-state index contributed by atoms with van der Waals surface area (Å²) in [6, 6.07) is 15.6. The molecule has 1 N–H and O–H groups in total. The monoisotopic (exact) mass is 367 g/mol. The molecule has 0 fully saturated rings. The number of rotatable bonds is 7. The minimum absolute atomic E-state index is 0.167. The molecule has 2 aromatic carbocycles. The Kier molecular flexibility index (Phi) is 5.86. The quantitative estimate of drug-likeness (QED) is 0.469. The summed E-state index contributed by atoms with van der Waals surface area (Å²) in [5.41, 5.74) is 5.86. The molecule has 26 heavy (non-hydrogen) atoms. The van der Waals surface area contributed by atoms with Gasteiger partial charge in [0.1, 0.15) is 11.5 Å². The number of nitrogens with one attached hydrogen (secondary N) is 1. The number of hydrogen-bond donors (Lipinski definition) is 1. The molecule has 6 heteroatoms. The van der Waals surface area contributed by atoms with Gasteiger partial charge in [-0.15, -0.1) is 11.3 Å². The third kappa shape index (κ3) is 4.83. The normalized spacial score (nSPS) is 11.1. The molecule has 0 bridgehead atoms. The fraction of sp³-hybridized carbons (Fsp3) is 0.200. The predicted molar refractivity (Wildman–Crippen MR) is 108 cm³/mol. The highest BCUT2D eigenvalue weighted by molar-refractivity contribution is 7.14. The Hall–Kier alpha value is -2.86. The van der Waals surface area contributed by atoms with Gasteiger partial charge in [0.2, 0.25) is 5.13 Å². The molecule has 0 atom stereocenters. The van der Waals surface area contributed by atoms with Crippen LogP contribution in [-0.2, 0) is 0 Å². The van der Waals surface area contributed by atoms with E-state index in [1.807, 2.05) is 67.8 Å². The van der Waals surface area contributed by atoms with E-state index in [1.54, 1.807) is 13.3 Å². The Labute approximate surface area is 157 Å². The fourth-order valence-electron chi connectivity index (χ4n) is 2.31. The van der Waals surface area contributed by atoms with Crippen molar-refractivity contribution in [3.8, 4) is 22.8 Å². The van der Waals surface area contributed by atoms with Gasteiger partial charge in [-0.1, -0.05) is 12.1 Å². The summed E-state index contributed by atoms with van der Waals surface area (Å²) >= 11 is 1.51. The van der Waals surface area contributed by atoms with E-state index >= 15 is 0 Å². The van der Waals surface area contributed by atoms with Crippen LogP contribution in [0.1, 0.15) is 19.4 Å². The van der Waals surface area contributed by atoms with E-state index in [0.717, 1.165) is 33.5 Å². The van der Waals surface area contributed by atoms with E-state index in [4.69, 9.17) is 9.47 Å². The SMILES string of the molecule is COc1cccc(-c2csc(N/N=C\c3ccc(OC(C)C)cc3)n2)c1. The summed E-state index contributed by atoms with van der Waals surface area (Å²) in [4.78, 5) is 4.55. The van der Waals surface area contributed by atoms with Crippen molar-refractivity contribution in [2.24, 2.45) is 5.10 Å². The van der Waals surface area contributed by atoms with Gasteiger partial charge >= 0.3 is 0 Å². The van der Waals surface area contributed by atoms with Crippen molar-refractivity contribution in [1.82, 2.24) is 4.98 Å². The predicted octanol–water partition coefficient (Wildman–Crippen LogP) is 5.05. The van der Waals surface area contributed by atoms with E-state index in [0.29, 0.717) is 0 Å². The third-order valence-electron chi connectivity index (χ3n) is 3.50. The van der Waals surface area contributed by atoms with Crippen molar-refractivity contribution in [2.45, 2.75) is 20.0 Å². The number of anilines is 1. The summed E-state index contributed by atoms with van der Waals surface area (Å²) in [5.74, 6) is 1.67. The maximum absolute atomic E-state index is 5.63. The van der Waals surface area contributed by atoms with Gasteiger partial charge in [0.15, 0.2) is 0 Å². The van der Waals surface area contributed by atoms with Gasteiger partial charge in [0.25, 0.3) is 0 Å². The molecule has 3 aromatic rings. The molecule has 134 valence electrons. The zero-order chi connectivity index (χ0) is 18.4. The minimum atomic E-state index is 0.167. The maximum atomic E-state index is 5.63. The Bertz CT molecular complexity index is 873. The van der Waals surface area contributed by atoms with Crippen LogP contribution in [0, 0.1) is 0 Å². The summed E-state index contributed by atoms with van der Waals surface area (Å²) < 4.78 is 10.9. The van der Waals surface area contributed by atoms with Crippen molar-refractivity contribution in [2.75, 3.05) is 12.5 Å². The minimum Gasteiger partial charge on any atom is -0.497 e. The number of benzene rings is 2. The van der Waals surface area contributed by atoms with Gasteiger partial charge < -0.3 is 9.47 Å². The summed E-state index contributed by atoms with van der Waals surface area (Å²) in [6.07, 6.45) is 1.92. The molecule has 0 saturated heterocycles. The second-order valence-corrected chi connectivity index (χ2v) is 6.73. The highest BCUT2D eigenvalue weighted by Gasteiger charge is 2.05. The molecular formula is C20H21N3O2S. The third-order valence-corrected chi connectivity index (χ3v) is 4.24. The second kappa shape index (κ2) is 8.49. The Morgan fingerprint density at radius 1 is 1.12 bits per heavy atom. The lowest BCUT2D eigenvalue weighted by atomic mass is 10.2. The van der Waals surface area contributed by atoms with Gasteiger partial charge in [0.05, 0.1) is 25.1 Å². The zero-order valence-corrected chi connectivity index (χ0v) is 15.8. The standard InChI is InChI=1S/C20H21N3O2S/c1-14(2)25-17-9-7-15(8-10-17)12-21-23-20-22-19(13-26-20)16-5-4-6-18(11-16)24-3/h4-14H,1-3H3,(H,22,23)/b21-12-. The van der Waals surface area contributed by atoms with E-state index in [1.165, 1.54) is 11.3 Å². The number of nitrogens with zero attached hydrogens (tertiary/aromatic N) is 2. The number of methoxy groups -OCH3 is 1. The van der Waals surface area contributed by atoms with Crippen LogP contribution in [0.3, 0.4) is 0 Å². The molecule has 0 radical (unpaired) electrons. The lowest BCUT2D eigenvalue weighted by Gasteiger charge is -2.08. The molecule has 0 aliphatic carbocycles. The maximum Gasteiger partial charge on any atom is 0.203 e. The second-order valence-electron chi connectivity index (χ2n) is 5.88. The van der Waals surface area contributed by atoms with Crippen LogP contribution in [0.15, 0.2) is 59.0 Å². The van der Waals surface area contributed by atoms with E-state index in [2.05, 4.69) is 15.5 Å². The van der Waals surface area contributed by atoms with Crippen LogP contribution in [-0.4, -0.2) is 24.4 Å². The summed E-state index contributed by atoms with van der Waals surface area (Å²) in [6.45, 7) is 4.01. The number of ether oxygens (including phenoxy) is 2. The topological polar surface area (TPSA) is 55.7 Å². The van der Waals surface area contributed by atoms with Crippen molar-refractivity contribution in [3.05, 3.63) is 59.5 Å². The highest BCUT2D eigenvalue weighted by Crippen LogP contribution is 2.27. The molecule has 0 saturated carbocycles. The lowest BCUT2D eigenvalue weighted by Crippen LogP contribution is -2.05. The fourth-order valence-corrected chi connectivity index (χ4v) is 2.98. The summed E-state index contributed by atoms with van der Waals surface area (Å²) in [7, 11) is 1.66. The average Bonchev–Trinajstić information content (AvgIpc) is 3.12. The van der Waals surface area contributed by atoms with E-state index in [9.17, 15) is 0 Å². The number of hydrogen-bond acceptors (Lipinski definition) is 6. The van der Waals surface area contributed by atoms with Crippen LogP contribution < -0.4 is 14.9 Å². The Morgan fingerprint density at radius 3 is 2.65 bits per heavy atom. The number of hydrazone groups is 1. The lowest BCUT2D eigenvalue weighted by molar-refractivity contribution is 0.242. The van der Waals surface area contributed by atoms with Gasteiger partial charge in [-0.05, 0) is 55.8 Å². The molecule has 0 spiro atoms. The molecular weight excluding hydrogens is 346 g/mol. The zero-order valence-electron chi connectivity index (χ0n) is 15.0. The van der Waals surface area contributed by atoms with Gasteiger partial charge in [-0.25, -0.2) is 4.98 Å². The molecule has 1 heterocycles. The first-order chi connectivity index (χ1) is 12.6. The Balaban J connectivity index is 1.61. The van der Waals surface area contributed by atoms with Crippen LogP contribution in [0.25, 0.3) is 11.3 Å². The van der Waals surface area contributed by atoms with Crippen LogP contribution >= 0.6 is 11.3 Å². The van der Waals surface area contributed by atoms with Crippen molar-refractivity contribution >= 4 is 22.7 Å². The Morgan fingerprint density at radius 2 is 1.92 bits per heavy atom. The molecule has 0 amide bonds. The molecule has 0 unspecified atom stereocenters. The highest BCUT2D eigenvalue weighted by atomic mass is 32.1. The molecule has 0 aliphatic rings. The first kappa shape index (κ1) is 17.9. The molecule has 5 nitrogen and oxygen atoms in total. The number of thiazole rings is 1.